The molecule has 0 aliphatic heterocycles. The van der Waals surface area contributed by atoms with Crippen LogP contribution in [0.2, 0.25) is 10.0 Å². The van der Waals surface area contributed by atoms with Crippen LogP contribution in [0, 0.1) is 5.21 Å². The van der Waals surface area contributed by atoms with Gasteiger partial charge in [-0.15, -0.1) is 0 Å². The number of nitrogens with zero attached hydrogens (tertiary/aromatic N) is 1. The Morgan fingerprint density at radius 2 is 1.73 bits per heavy atom. The number of ether oxygens (including phenoxy) is 3. The van der Waals surface area contributed by atoms with Crippen molar-refractivity contribution in [2.75, 3.05) is 14.2 Å². The van der Waals surface area contributed by atoms with Crippen LogP contribution < -0.4 is 18.9 Å². The Labute approximate surface area is 157 Å². The fourth-order valence-electron chi connectivity index (χ4n) is 2.30. The van der Waals surface area contributed by atoms with Gasteiger partial charge in [0.2, 0.25) is 5.75 Å². The summed E-state index contributed by atoms with van der Waals surface area (Å²) in [6, 6.07) is 2.43. The van der Waals surface area contributed by atoms with Crippen molar-refractivity contribution in [3.05, 3.63) is 50.9 Å². The first kappa shape index (κ1) is 20.0. The molecule has 6 nitrogen and oxygen atoms in total. The predicted molar refractivity (Wildman–Crippen MR) is 89.6 cm³/mol. The van der Waals surface area contributed by atoms with E-state index in [9.17, 15) is 18.8 Å². The molecular formula is C16H13Cl2F2NO5. The predicted octanol–water partition coefficient (Wildman–Crippen LogP) is 3.67. The second-order valence-electron chi connectivity index (χ2n) is 4.95. The summed E-state index contributed by atoms with van der Waals surface area (Å²) in [7, 11) is 2.48. The number of Topliss-reactive ketones (excluding diaryl/α,β-unsaturated/α-hetero) is 1. The average Bonchev–Trinajstić information content (AvgIpc) is 2.56. The van der Waals surface area contributed by atoms with Crippen LogP contribution in [-0.2, 0) is 6.42 Å². The molecule has 0 saturated heterocycles. The highest BCUT2D eigenvalue weighted by molar-refractivity contribution is 6.36. The molecule has 2 rings (SSSR count). The second-order valence-corrected chi connectivity index (χ2v) is 5.76. The lowest BCUT2D eigenvalue weighted by Crippen LogP contribution is -2.25. The molecule has 0 bridgehead atoms. The Bertz CT molecular complexity index is 810. The van der Waals surface area contributed by atoms with E-state index < -0.39 is 12.4 Å². The third-order valence-corrected chi connectivity index (χ3v) is 4.05. The maximum Gasteiger partial charge on any atom is 0.387 e. The number of aromatic nitrogens is 1. The van der Waals surface area contributed by atoms with Crippen molar-refractivity contribution in [3.63, 3.8) is 0 Å². The van der Waals surface area contributed by atoms with Crippen LogP contribution in [0.4, 0.5) is 8.78 Å². The van der Waals surface area contributed by atoms with Crippen molar-refractivity contribution in [3.8, 4) is 17.2 Å². The third kappa shape index (κ3) is 4.25. The number of hydrogen-bond acceptors (Lipinski definition) is 5. The van der Waals surface area contributed by atoms with E-state index >= 15 is 0 Å². The van der Waals surface area contributed by atoms with E-state index in [1.165, 1.54) is 26.4 Å². The minimum Gasteiger partial charge on any atom is -0.619 e. The lowest BCUT2D eigenvalue weighted by Gasteiger charge is -2.16. The Hall–Kier alpha value is -2.32. The van der Waals surface area contributed by atoms with Crippen LogP contribution in [0.15, 0.2) is 24.5 Å². The van der Waals surface area contributed by atoms with Gasteiger partial charge in [-0.2, -0.15) is 13.5 Å². The number of benzene rings is 1. The SMILES string of the molecule is COc1c(OC(F)F)ccc(C(=O)Cc2c(Cl)c[n+]([O-])cc2Cl)c1OC. The van der Waals surface area contributed by atoms with Crippen LogP contribution >= 0.6 is 23.2 Å². The van der Waals surface area contributed by atoms with E-state index in [4.69, 9.17) is 32.7 Å². The standard InChI is InChI=1S/C16H13Cl2F2NO5/c1-24-14-8(3-4-13(15(14)25-2)26-16(19)20)12(22)5-9-10(17)6-21(23)7-11(9)18/h3-4,6-7,16H,5H2,1-2H3. The van der Waals surface area contributed by atoms with Crippen molar-refractivity contribution < 1.29 is 32.5 Å². The molecule has 0 fully saturated rings. The summed E-state index contributed by atoms with van der Waals surface area (Å²) >= 11 is 11.9. The summed E-state index contributed by atoms with van der Waals surface area (Å²) < 4.78 is 39.9. The van der Waals surface area contributed by atoms with Crippen molar-refractivity contribution in [1.82, 2.24) is 0 Å². The maximum absolute atomic E-state index is 12.7. The smallest absolute Gasteiger partial charge is 0.387 e. The molecule has 140 valence electrons. The molecule has 1 aromatic carbocycles. The van der Waals surface area contributed by atoms with Gasteiger partial charge in [0.05, 0.1) is 19.8 Å². The highest BCUT2D eigenvalue weighted by Crippen LogP contribution is 2.41. The summed E-state index contributed by atoms with van der Waals surface area (Å²) in [5.41, 5.74) is 0.302. The third-order valence-electron chi connectivity index (χ3n) is 3.40. The summed E-state index contributed by atoms with van der Waals surface area (Å²) in [5.74, 6) is -0.978. The number of pyridine rings is 1. The summed E-state index contributed by atoms with van der Waals surface area (Å²) in [6.45, 7) is -3.07. The van der Waals surface area contributed by atoms with Gasteiger partial charge in [-0.05, 0) is 12.1 Å². The molecule has 1 heterocycles. The van der Waals surface area contributed by atoms with Crippen LogP contribution in [0.3, 0.4) is 0 Å². The highest BCUT2D eigenvalue weighted by atomic mass is 35.5. The van der Waals surface area contributed by atoms with Crippen molar-refractivity contribution in [1.29, 1.82) is 0 Å². The number of halogens is 4. The van der Waals surface area contributed by atoms with Crippen molar-refractivity contribution >= 4 is 29.0 Å². The van der Waals surface area contributed by atoms with Gasteiger partial charge >= 0.3 is 6.61 Å². The number of ketones is 1. The van der Waals surface area contributed by atoms with Gasteiger partial charge in [0.1, 0.15) is 10.0 Å². The Morgan fingerprint density at radius 3 is 2.23 bits per heavy atom. The number of alkyl halides is 2. The van der Waals surface area contributed by atoms with Gasteiger partial charge in [-0.1, -0.05) is 23.2 Å². The normalized spacial score (nSPS) is 10.7. The number of hydrogen-bond donors (Lipinski definition) is 0. The molecule has 0 saturated carbocycles. The molecule has 0 radical (unpaired) electrons. The van der Waals surface area contributed by atoms with Gasteiger partial charge < -0.3 is 19.4 Å². The highest BCUT2D eigenvalue weighted by Gasteiger charge is 2.24. The zero-order chi connectivity index (χ0) is 19.4. The second kappa shape index (κ2) is 8.37. The van der Waals surface area contributed by atoms with Gasteiger partial charge in [-0.3, -0.25) is 4.79 Å². The fraction of sp³-hybridized carbons (Fsp3) is 0.250. The lowest BCUT2D eigenvalue weighted by atomic mass is 10.0. The quantitative estimate of drug-likeness (QED) is 0.397. The van der Waals surface area contributed by atoms with Gasteiger partial charge in [-0.25, -0.2) is 0 Å². The monoisotopic (exact) mass is 407 g/mol. The Balaban J connectivity index is 2.43. The molecule has 26 heavy (non-hydrogen) atoms. The molecule has 0 spiro atoms. The van der Waals surface area contributed by atoms with Crippen molar-refractivity contribution in [2.24, 2.45) is 0 Å². The largest absolute Gasteiger partial charge is 0.619 e. The fourth-order valence-corrected chi connectivity index (χ4v) is 2.88. The van der Waals surface area contributed by atoms with Gasteiger partial charge in [0.25, 0.3) is 0 Å². The first-order valence-electron chi connectivity index (χ1n) is 7.08. The molecule has 0 amide bonds. The summed E-state index contributed by atoms with van der Waals surface area (Å²) in [6.07, 6.45) is 1.88. The number of carbonyl (C=O) groups is 1. The summed E-state index contributed by atoms with van der Waals surface area (Å²) in [4.78, 5) is 12.7. The minimum atomic E-state index is -3.07. The lowest BCUT2D eigenvalue weighted by molar-refractivity contribution is -0.605. The molecule has 2 aromatic rings. The van der Waals surface area contributed by atoms with Gasteiger partial charge in [0.15, 0.2) is 29.7 Å². The van der Waals surface area contributed by atoms with E-state index in [1.807, 2.05) is 0 Å². The van der Waals surface area contributed by atoms with Crippen LogP contribution in [0.1, 0.15) is 15.9 Å². The molecule has 10 heteroatoms. The maximum atomic E-state index is 12.7. The number of rotatable bonds is 7. The van der Waals surface area contributed by atoms with E-state index in [0.717, 1.165) is 12.4 Å². The molecule has 0 atom stereocenters. The van der Waals surface area contributed by atoms with Crippen LogP contribution in [0.5, 0.6) is 17.2 Å². The zero-order valence-electron chi connectivity index (χ0n) is 13.6. The molecule has 0 N–H and O–H groups in total. The average molecular weight is 408 g/mol. The van der Waals surface area contributed by atoms with Crippen molar-refractivity contribution in [2.45, 2.75) is 13.0 Å². The Morgan fingerprint density at radius 1 is 1.15 bits per heavy atom. The van der Waals surface area contributed by atoms with E-state index in [0.29, 0.717) is 4.73 Å². The molecule has 1 aromatic heterocycles. The van der Waals surface area contributed by atoms with E-state index in [2.05, 4.69) is 4.74 Å². The minimum absolute atomic E-state index is 0.0180. The van der Waals surface area contributed by atoms with E-state index in [1.54, 1.807) is 0 Å². The Kier molecular flexibility index (Phi) is 6.44. The van der Waals surface area contributed by atoms with Gasteiger partial charge in [0, 0.05) is 12.0 Å². The number of carbonyl (C=O) groups excluding carboxylic acids is 1. The molecular weight excluding hydrogens is 395 g/mol. The summed E-state index contributed by atoms with van der Waals surface area (Å²) in [5, 5.41) is 11.3. The first-order chi connectivity index (χ1) is 12.3. The van der Waals surface area contributed by atoms with Crippen LogP contribution in [0.25, 0.3) is 0 Å². The molecule has 0 unspecified atom stereocenters. The van der Waals surface area contributed by atoms with Crippen LogP contribution in [-0.4, -0.2) is 26.6 Å². The first-order valence-corrected chi connectivity index (χ1v) is 7.83. The van der Waals surface area contributed by atoms with E-state index in [-0.39, 0.29) is 44.8 Å². The topological polar surface area (TPSA) is 71.7 Å². The molecule has 0 aliphatic rings. The molecule has 0 aliphatic carbocycles. The zero-order valence-corrected chi connectivity index (χ0v) is 15.1. The number of methoxy groups -OCH3 is 2.